The lowest BCUT2D eigenvalue weighted by Crippen LogP contribution is -2.50. The number of carbonyl (C=O) groups is 1. The maximum absolute atomic E-state index is 13.4. The normalized spacial score (nSPS) is 44.1. The first-order valence-electron chi connectivity index (χ1n) is 10.9. The van der Waals surface area contributed by atoms with Crippen molar-refractivity contribution in [2.45, 2.75) is 64.9 Å². The SMILES string of the molecule is Cn1cc(/C=C2\C[C@H]3[C@@H]4CC=C5C[C@@H](O)CC[C@]5(C)[C@H]4CC[C@]3(C)C2=O)cn1. The van der Waals surface area contributed by atoms with Crippen LogP contribution in [0.1, 0.15) is 64.4 Å². The van der Waals surface area contributed by atoms with Crippen LogP contribution in [0.25, 0.3) is 6.08 Å². The van der Waals surface area contributed by atoms with E-state index in [4.69, 9.17) is 0 Å². The molecule has 1 aromatic rings. The van der Waals surface area contributed by atoms with Crippen molar-refractivity contribution in [3.63, 3.8) is 0 Å². The Morgan fingerprint density at radius 3 is 2.71 bits per heavy atom. The van der Waals surface area contributed by atoms with E-state index in [0.717, 1.165) is 56.1 Å². The molecule has 0 spiro atoms. The number of Topliss-reactive ketones (excluding diaryl/α,β-unsaturated/α-hetero) is 1. The van der Waals surface area contributed by atoms with Crippen LogP contribution in [0.3, 0.4) is 0 Å². The lowest BCUT2D eigenvalue weighted by molar-refractivity contribution is -0.130. The van der Waals surface area contributed by atoms with Crippen molar-refractivity contribution in [1.29, 1.82) is 0 Å². The highest BCUT2D eigenvalue weighted by Gasteiger charge is 2.59. The molecule has 0 unspecified atom stereocenters. The van der Waals surface area contributed by atoms with Crippen molar-refractivity contribution < 1.29 is 9.90 Å². The lowest BCUT2D eigenvalue weighted by atomic mass is 9.48. The highest BCUT2D eigenvalue weighted by Crippen LogP contribution is 2.64. The number of ketones is 1. The van der Waals surface area contributed by atoms with E-state index in [1.165, 1.54) is 5.57 Å². The Hall–Kier alpha value is -1.68. The van der Waals surface area contributed by atoms with E-state index in [-0.39, 0.29) is 16.9 Å². The highest BCUT2D eigenvalue weighted by atomic mass is 16.3. The van der Waals surface area contributed by atoms with Crippen LogP contribution >= 0.6 is 0 Å². The maximum atomic E-state index is 13.4. The quantitative estimate of drug-likeness (QED) is 0.583. The van der Waals surface area contributed by atoms with Crippen LogP contribution in [-0.4, -0.2) is 26.8 Å². The van der Waals surface area contributed by atoms with Gasteiger partial charge in [0, 0.05) is 24.2 Å². The Morgan fingerprint density at radius 1 is 1.18 bits per heavy atom. The summed E-state index contributed by atoms with van der Waals surface area (Å²) in [6.07, 6.45) is 15.2. The van der Waals surface area contributed by atoms with Crippen LogP contribution in [0.4, 0.5) is 0 Å². The first-order chi connectivity index (χ1) is 13.3. The minimum atomic E-state index is -0.203. The maximum Gasteiger partial charge on any atom is 0.165 e. The van der Waals surface area contributed by atoms with Gasteiger partial charge in [-0.1, -0.05) is 25.5 Å². The molecule has 28 heavy (non-hydrogen) atoms. The summed E-state index contributed by atoms with van der Waals surface area (Å²) in [7, 11) is 1.91. The molecule has 0 aromatic carbocycles. The smallest absolute Gasteiger partial charge is 0.165 e. The number of carbonyl (C=O) groups excluding carboxylic acids is 1. The number of aromatic nitrogens is 2. The van der Waals surface area contributed by atoms with Gasteiger partial charge in [0.25, 0.3) is 0 Å². The third-order valence-corrected chi connectivity index (χ3v) is 8.78. The molecule has 4 heteroatoms. The summed E-state index contributed by atoms with van der Waals surface area (Å²) >= 11 is 0. The molecular weight excluding hydrogens is 348 g/mol. The molecule has 3 saturated carbocycles. The van der Waals surface area contributed by atoms with E-state index in [1.807, 2.05) is 19.4 Å². The van der Waals surface area contributed by atoms with Gasteiger partial charge in [0.05, 0.1) is 12.3 Å². The molecule has 6 atom stereocenters. The summed E-state index contributed by atoms with van der Waals surface area (Å²) in [5.74, 6) is 2.07. The zero-order valence-electron chi connectivity index (χ0n) is 17.3. The van der Waals surface area contributed by atoms with Gasteiger partial charge >= 0.3 is 0 Å². The number of nitrogens with zero attached hydrogens (tertiary/aromatic N) is 2. The summed E-state index contributed by atoms with van der Waals surface area (Å²) in [6.45, 7) is 4.67. The number of aryl methyl sites for hydroxylation is 1. The Labute approximate surface area is 167 Å². The molecule has 0 radical (unpaired) electrons. The van der Waals surface area contributed by atoms with Crippen LogP contribution in [-0.2, 0) is 11.8 Å². The van der Waals surface area contributed by atoms with E-state index < -0.39 is 0 Å². The van der Waals surface area contributed by atoms with Gasteiger partial charge in [0.1, 0.15) is 0 Å². The average Bonchev–Trinajstić information content (AvgIpc) is 3.18. The minimum Gasteiger partial charge on any atom is -0.393 e. The predicted molar refractivity (Wildman–Crippen MR) is 109 cm³/mol. The molecule has 1 heterocycles. The third kappa shape index (κ3) is 2.53. The second-order valence-corrected chi connectivity index (χ2v) is 10.3. The lowest BCUT2D eigenvalue weighted by Gasteiger charge is -2.56. The van der Waals surface area contributed by atoms with Gasteiger partial charge in [0.2, 0.25) is 0 Å². The summed E-state index contributed by atoms with van der Waals surface area (Å²) in [5.41, 5.74) is 3.54. The van der Waals surface area contributed by atoms with Gasteiger partial charge in [-0.25, -0.2) is 0 Å². The topological polar surface area (TPSA) is 55.1 Å². The van der Waals surface area contributed by atoms with Crippen LogP contribution in [0.2, 0.25) is 0 Å². The number of hydrogen-bond donors (Lipinski definition) is 1. The second-order valence-electron chi connectivity index (χ2n) is 10.3. The van der Waals surface area contributed by atoms with Crippen LogP contribution in [0.5, 0.6) is 0 Å². The van der Waals surface area contributed by atoms with Gasteiger partial charge < -0.3 is 5.11 Å². The number of aliphatic hydroxyl groups is 1. The van der Waals surface area contributed by atoms with Crippen LogP contribution in [0.15, 0.2) is 29.6 Å². The molecular formula is C24H32N2O2. The van der Waals surface area contributed by atoms with Crippen LogP contribution in [0, 0.1) is 28.6 Å². The Bertz CT molecular complexity index is 881. The zero-order chi connectivity index (χ0) is 19.7. The number of hydrogen-bond acceptors (Lipinski definition) is 3. The first kappa shape index (κ1) is 18.4. The molecule has 4 aliphatic rings. The molecule has 0 amide bonds. The van der Waals surface area contributed by atoms with Crippen molar-refractivity contribution in [3.05, 3.63) is 35.2 Å². The molecule has 150 valence electrons. The number of fused-ring (bicyclic) bond motifs is 5. The van der Waals surface area contributed by atoms with E-state index >= 15 is 0 Å². The molecule has 1 N–H and O–H groups in total. The van der Waals surface area contributed by atoms with Gasteiger partial charge in [-0.3, -0.25) is 9.48 Å². The highest BCUT2D eigenvalue weighted by molar-refractivity contribution is 6.05. The molecule has 4 aliphatic carbocycles. The van der Waals surface area contributed by atoms with Crippen molar-refractivity contribution in [3.8, 4) is 0 Å². The molecule has 3 fully saturated rings. The van der Waals surface area contributed by atoms with Gasteiger partial charge in [0.15, 0.2) is 5.78 Å². The molecule has 0 saturated heterocycles. The van der Waals surface area contributed by atoms with E-state index in [2.05, 4.69) is 31.1 Å². The van der Waals surface area contributed by atoms with E-state index in [0.29, 0.717) is 23.5 Å². The minimum absolute atomic E-state index is 0.160. The van der Waals surface area contributed by atoms with Gasteiger partial charge in [-0.05, 0) is 79.8 Å². The fourth-order valence-electron chi connectivity index (χ4n) is 7.16. The van der Waals surface area contributed by atoms with Gasteiger partial charge in [-0.15, -0.1) is 0 Å². The number of aliphatic hydroxyl groups excluding tert-OH is 1. The Morgan fingerprint density at radius 2 is 1.96 bits per heavy atom. The predicted octanol–water partition coefficient (Wildman–Crippen LogP) is 4.31. The summed E-state index contributed by atoms with van der Waals surface area (Å²) in [6, 6.07) is 0. The van der Waals surface area contributed by atoms with Crippen molar-refractivity contribution in [1.82, 2.24) is 9.78 Å². The monoisotopic (exact) mass is 380 g/mol. The Balaban J connectivity index is 1.48. The molecule has 5 rings (SSSR count). The average molecular weight is 381 g/mol. The molecule has 4 nitrogen and oxygen atoms in total. The molecule has 1 aromatic heterocycles. The standard InChI is InChI=1S/C24H32N2O2/c1-23-8-6-18(27)12-17(23)4-5-19-20(23)7-9-24(2)21(19)11-16(22(24)28)10-15-13-25-26(3)14-15/h4,10,13-14,18-21,27H,5-9,11-12H2,1-3H3/b16-10+/t18-,19+,20-,21-,23-,24-/m0/s1. The van der Waals surface area contributed by atoms with Crippen molar-refractivity contribution >= 4 is 11.9 Å². The van der Waals surface area contributed by atoms with E-state index in [9.17, 15) is 9.90 Å². The third-order valence-electron chi connectivity index (χ3n) is 8.78. The number of allylic oxidation sites excluding steroid dienone is 2. The largest absolute Gasteiger partial charge is 0.393 e. The fraction of sp³-hybridized carbons (Fsp3) is 0.667. The van der Waals surface area contributed by atoms with Crippen molar-refractivity contribution in [2.75, 3.05) is 0 Å². The van der Waals surface area contributed by atoms with Crippen LogP contribution < -0.4 is 0 Å². The zero-order valence-corrected chi connectivity index (χ0v) is 17.3. The second kappa shape index (κ2) is 6.16. The summed E-state index contributed by atoms with van der Waals surface area (Å²) in [4.78, 5) is 13.4. The number of rotatable bonds is 1. The fourth-order valence-corrected chi connectivity index (χ4v) is 7.16. The first-order valence-corrected chi connectivity index (χ1v) is 10.9. The Kier molecular flexibility index (Phi) is 4.04. The summed E-state index contributed by atoms with van der Waals surface area (Å²) in [5, 5.41) is 14.4. The molecule has 0 aliphatic heterocycles. The summed E-state index contributed by atoms with van der Waals surface area (Å²) < 4.78 is 1.79. The van der Waals surface area contributed by atoms with Crippen molar-refractivity contribution in [2.24, 2.45) is 35.6 Å². The van der Waals surface area contributed by atoms with E-state index in [1.54, 1.807) is 4.68 Å². The molecule has 0 bridgehead atoms. The van der Waals surface area contributed by atoms with Gasteiger partial charge in [-0.2, -0.15) is 5.10 Å².